The largest absolute Gasteiger partial charge is 0.458 e. The Morgan fingerprint density at radius 2 is 1.79 bits per heavy atom. The normalized spacial score (nSPS) is 43.1. The molecule has 0 N–H and O–H groups in total. The quantitative estimate of drug-likeness (QED) is 0.703. The van der Waals surface area contributed by atoms with Crippen molar-refractivity contribution in [1.82, 2.24) is 0 Å². The summed E-state index contributed by atoms with van der Waals surface area (Å²) in [6.45, 7) is 4.07. The van der Waals surface area contributed by atoms with Crippen LogP contribution in [0.25, 0.3) is 0 Å². The lowest BCUT2D eigenvalue weighted by molar-refractivity contribution is -0.255. The van der Waals surface area contributed by atoms with E-state index in [2.05, 4.69) is 6.07 Å². The van der Waals surface area contributed by atoms with Gasteiger partial charge in [0.05, 0.1) is 11.5 Å². The first-order valence-corrected chi connectivity index (χ1v) is 8.71. The second-order valence-electron chi connectivity index (χ2n) is 8.49. The minimum Gasteiger partial charge on any atom is -0.458 e. The monoisotopic (exact) mass is 343 g/mol. The van der Waals surface area contributed by atoms with Crippen LogP contribution in [-0.4, -0.2) is 17.7 Å². The number of carbonyl (C=O) groups excluding carboxylic acids is 1. The number of carbonyl (C=O) groups is 1. The lowest BCUT2D eigenvalue weighted by Crippen LogP contribution is -2.62. The molecule has 4 saturated carbocycles. The molecule has 4 aliphatic rings. The van der Waals surface area contributed by atoms with Crippen LogP contribution in [-0.2, 0) is 9.53 Å². The van der Waals surface area contributed by atoms with Crippen molar-refractivity contribution in [3.63, 3.8) is 0 Å². The van der Waals surface area contributed by atoms with E-state index in [9.17, 15) is 23.2 Å². The van der Waals surface area contributed by atoms with Crippen molar-refractivity contribution < 1.29 is 22.7 Å². The van der Waals surface area contributed by atoms with Gasteiger partial charge >= 0.3 is 12.1 Å². The fraction of sp³-hybridized carbons (Fsp3) is 0.889. The van der Waals surface area contributed by atoms with Gasteiger partial charge in [-0.25, -0.2) is 0 Å². The van der Waals surface area contributed by atoms with Crippen LogP contribution in [0.4, 0.5) is 13.2 Å². The first kappa shape index (κ1) is 17.6. The Morgan fingerprint density at radius 3 is 2.21 bits per heavy atom. The summed E-state index contributed by atoms with van der Waals surface area (Å²) in [5.41, 5.74) is -3.71. The highest BCUT2D eigenvalue weighted by molar-refractivity contribution is 5.78. The van der Waals surface area contributed by atoms with E-state index in [0.717, 1.165) is 26.2 Å². The fourth-order valence-electron chi connectivity index (χ4n) is 5.26. The standard InChI is InChI=1S/C18H24F3NO2/c1-4-15(2,18(19,20)21)14(23)24-16(3)12-5-11-6-13(16)9-17(7-11,8-12)10-22/h11-13H,4-9H2,1-3H3. The average Bonchev–Trinajstić information content (AvgIpc) is 2.50. The second kappa shape index (κ2) is 5.12. The summed E-state index contributed by atoms with van der Waals surface area (Å²) in [5, 5.41) is 9.55. The lowest BCUT2D eigenvalue weighted by atomic mass is 9.45. The molecule has 24 heavy (non-hydrogen) atoms. The van der Waals surface area contributed by atoms with E-state index in [4.69, 9.17) is 4.74 Å². The van der Waals surface area contributed by atoms with E-state index in [0.29, 0.717) is 18.8 Å². The smallest absolute Gasteiger partial charge is 0.404 e. The fourth-order valence-corrected chi connectivity index (χ4v) is 5.26. The Labute approximate surface area is 140 Å². The molecule has 0 aliphatic heterocycles. The molecule has 3 unspecified atom stereocenters. The van der Waals surface area contributed by atoms with Gasteiger partial charge in [-0.3, -0.25) is 4.79 Å². The maximum absolute atomic E-state index is 13.4. The van der Waals surface area contributed by atoms with Crippen LogP contribution in [0.1, 0.15) is 59.3 Å². The minimum absolute atomic E-state index is 0.0123. The first-order valence-electron chi connectivity index (χ1n) is 8.71. The van der Waals surface area contributed by atoms with Crippen LogP contribution in [0.5, 0.6) is 0 Å². The molecule has 0 heterocycles. The number of nitriles is 1. The molecule has 3 atom stereocenters. The summed E-state index contributed by atoms with van der Waals surface area (Å²) in [7, 11) is 0. The third-order valence-corrected chi connectivity index (χ3v) is 7.14. The van der Waals surface area contributed by atoms with Gasteiger partial charge in [0, 0.05) is 11.8 Å². The zero-order chi connectivity index (χ0) is 18.0. The van der Waals surface area contributed by atoms with Gasteiger partial charge in [0.15, 0.2) is 5.41 Å². The van der Waals surface area contributed by atoms with Crippen molar-refractivity contribution >= 4 is 5.97 Å². The topological polar surface area (TPSA) is 50.1 Å². The zero-order valence-electron chi connectivity index (χ0n) is 14.4. The molecule has 4 rings (SSSR count). The van der Waals surface area contributed by atoms with Crippen LogP contribution >= 0.6 is 0 Å². The summed E-state index contributed by atoms with van der Waals surface area (Å²) in [4.78, 5) is 12.5. The van der Waals surface area contributed by atoms with Crippen molar-refractivity contribution in [2.75, 3.05) is 0 Å². The summed E-state index contributed by atoms with van der Waals surface area (Å²) in [5.74, 6) is -0.754. The van der Waals surface area contributed by atoms with E-state index in [1.165, 1.54) is 6.92 Å². The zero-order valence-corrected chi connectivity index (χ0v) is 14.4. The molecule has 134 valence electrons. The lowest BCUT2D eigenvalue weighted by Gasteiger charge is -2.61. The molecule has 0 aromatic rings. The van der Waals surface area contributed by atoms with E-state index in [-0.39, 0.29) is 23.7 Å². The number of rotatable bonds is 3. The van der Waals surface area contributed by atoms with E-state index >= 15 is 0 Å². The number of hydrogen-bond donors (Lipinski definition) is 0. The van der Waals surface area contributed by atoms with Crippen LogP contribution < -0.4 is 0 Å². The van der Waals surface area contributed by atoms with Gasteiger partial charge in [0.1, 0.15) is 5.60 Å². The Bertz CT molecular complexity index is 578. The second-order valence-corrected chi connectivity index (χ2v) is 8.49. The van der Waals surface area contributed by atoms with Gasteiger partial charge in [-0.05, 0) is 58.3 Å². The molecule has 4 bridgehead atoms. The molecule has 0 aromatic carbocycles. The third-order valence-electron chi connectivity index (χ3n) is 7.14. The van der Waals surface area contributed by atoms with Gasteiger partial charge in [-0.15, -0.1) is 0 Å². The average molecular weight is 343 g/mol. The highest BCUT2D eigenvalue weighted by Crippen LogP contribution is 2.64. The van der Waals surface area contributed by atoms with Gasteiger partial charge in [-0.1, -0.05) is 6.92 Å². The Balaban J connectivity index is 1.86. The molecule has 0 saturated heterocycles. The predicted molar refractivity (Wildman–Crippen MR) is 80.6 cm³/mol. The molecular weight excluding hydrogens is 319 g/mol. The van der Waals surface area contributed by atoms with E-state index in [1.807, 2.05) is 0 Å². The van der Waals surface area contributed by atoms with Gasteiger partial charge < -0.3 is 4.74 Å². The van der Waals surface area contributed by atoms with Crippen LogP contribution in [0.3, 0.4) is 0 Å². The summed E-state index contributed by atoms with van der Waals surface area (Å²) in [6.07, 6.45) is -1.13. The number of nitrogens with zero attached hydrogens (tertiary/aromatic N) is 1. The number of hydrogen-bond acceptors (Lipinski definition) is 3. The molecule has 3 nitrogen and oxygen atoms in total. The molecule has 4 aliphatic carbocycles. The van der Waals surface area contributed by atoms with Crippen LogP contribution in [0, 0.1) is 39.9 Å². The molecule has 0 amide bonds. The summed E-state index contributed by atoms with van der Waals surface area (Å²) in [6, 6.07) is 2.45. The molecule has 0 aromatic heterocycles. The van der Waals surface area contributed by atoms with Gasteiger partial charge in [0.2, 0.25) is 0 Å². The SMILES string of the molecule is CCC(C)(C(=O)OC1(C)C2CC3CC1CC(C#N)(C3)C2)C(F)(F)F. The predicted octanol–water partition coefficient (Wildman–Crippen LogP) is 4.62. The maximum atomic E-state index is 13.4. The van der Waals surface area contributed by atoms with Gasteiger partial charge in [-0.2, -0.15) is 18.4 Å². The van der Waals surface area contributed by atoms with Crippen LogP contribution in [0.2, 0.25) is 0 Å². The number of ether oxygens (including phenoxy) is 1. The number of halogens is 3. The molecular formula is C18H24F3NO2. The maximum Gasteiger partial charge on any atom is 0.404 e. The van der Waals surface area contributed by atoms with E-state index < -0.39 is 23.2 Å². The number of alkyl halides is 3. The Morgan fingerprint density at radius 1 is 1.25 bits per heavy atom. The Kier molecular flexibility index (Phi) is 3.75. The van der Waals surface area contributed by atoms with Crippen LogP contribution in [0.15, 0.2) is 0 Å². The highest BCUT2D eigenvalue weighted by atomic mass is 19.4. The summed E-state index contributed by atoms with van der Waals surface area (Å²) < 4.78 is 45.7. The first-order chi connectivity index (χ1) is 11.0. The Hall–Kier alpha value is -1.25. The van der Waals surface area contributed by atoms with Crippen molar-refractivity contribution in [2.45, 2.75) is 71.1 Å². The van der Waals surface area contributed by atoms with Crippen molar-refractivity contribution in [3.05, 3.63) is 0 Å². The molecule has 0 spiro atoms. The highest BCUT2D eigenvalue weighted by Gasteiger charge is 2.65. The molecule has 6 heteroatoms. The molecule has 4 fully saturated rings. The van der Waals surface area contributed by atoms with Crippen molar-refractivity contribution in [3.8, 4) is 6.07 Å². The summed E-state index contributed by atoms with van der Waals surface area (Å²) >= 11 is 0. The third kappa shape index (κ3) is 2.27. The number of esters is 1. The minimum atomic E-state index is -4.63. The van der Waals surface area contributed by atoms with E-state index in [1.54, 1.807) is 6.92 Å². The van der Waals surface area contributed by atoms with Gasteiger partial charge in [0.25, 0.3) is 0 Å². The van der Waals surface area contributed by atoms with Crippen molar-refractivity contribution in [2.24, 2.45) is 28.6 Å². The van der Waals surface area contributed by atoms with Crippen molar-refractivity contribution in [1.29, 1.82) is 5.26 Å². The molecule has 0 radical (unpaired) electrons.